The number of carbonyl (C=O) groups excluding carboxylic acids is 1. The molecule has 1 amide bonds. The van der Waals surface area contributed by atoms with Gasteiger partial charge in [-0.2, -0.15) is 10.2 Å². The molecular weight excluding hydrogens is 459 g/mol. The average molecular weight is 483 g/mol. The summed E-state index contributed by atoms with van der Waals surface area (Å²) >= 11 is 6.28. The van der Waals surface area contributed by atoms with Crippen LogP contribution in [0.4, 0.5) is 22.0 Å². The number of nitrogens with one attached hydrogen (secondary N) is 2. The Bertz CT molecular complexity index is 1270. The topological polar surface area (TPSA) is 135 Å². The van der Waals surface area contributed by atoms with Gasteiger partial charge in [-0.3, -0.25) is 9.36 Å². The zero-order valence-corrected chi connectivity index (χ0v) is 19.1. The van der Waals surface area contributed by atoms with Gasteiger partial charge >= 0.3 is 0 Å². The summed E-state index contributed by atoms with van der Waals surface area (Å²) in [5, 5.41) is 15.5. The number of aromatic nitrogens is 4. The number of nitriles is 1. The number of imidazole rings is 1. The minimum absolute atomic E-state index is 0.0187. The molecule has 9 nitrogen and oxygen atoms in total. The molecule has 2 fully saturated rings. The first-order valence-electron chi connectivity index (χ1n) is 11.4. The first kappa shape index (κ1) is 22.3. The highest BCUT2D eigenvalue weighted by molar-refractivity contribution is 6.33. The number of nitrogens with zero attached hydrogens (tertiary/aromatic N) is 5. The van der Waals surface area contributed by atoms with Crippen LogP contribution in [0.15, 0.2) is 18.3 Å². The second-order valence-corrected chi connectivity index (χ2v) is 9.35. The summed E-state index contributed by atoms with van der Waals surface area (Å²) in [4.78, 5) is 25.4. The number of halogens is 2. The van der Waals surface area contributed by atoms with Crippen molar-refractivity contribution in [3.05, 3.63) is 34.7 Å². The lowest BCUT2D eigenvalue weighted by molar-refractivity contribution is -0.122. The molecule has 0 unspecified atom stereocenters. The number of anilines is 3. The normalized spacial score (nSPS) is 20.5. The molecule has 11 heteroatoms. The van der Waals surface area contributed by atoms with Crippen LogP contribution in [0.25, 0.3) is 11.2 Å². The van der Waals surface area contributed by atoms with E-state index in [2.05, 4.69) is 20.6 Å². The molecule has 2 heterocycles. The van der Waals surface area contributed by atoms with Gasteiger partial charge in [0.15, 0.2) is 5.65 Å². The molecule has 0 saturated heterocycles. The van der Waals surface area contributed by atoms with Gasteiger partial charge in [-0.1, -0.05) is 11.6 Å². The fraction of sp³-hybridized carbons (Fsp3) is 0.435. The fourth-order valence-corrected chi connectivity index (χ4v) is 4.87. The van der Waals surface area contributed by atoms with Crippen molar-refractivity contribution in [2.75, 3.05) is 10.6 Å². The number of carbonyl (C=O) groups is 1. The molecular formula is C23H24ClFN8O. The lowest BCUT2D eigenvalue weighted by Gasteiger charge is -2.29. The van der Waals surface area contributed by atoms with Crippen LogP contribution in [0, 0.1) is 23.1 Å². The zero-order valence-electron chi connectivity index (χ0n) is 18.4. The van der Waals surface area contributed by atoms with Gasteiger partial charge in [0, 0.05) is 18.0 Å². The Morgan fingerprint density at radius 2 is 1.97 bits per heavy atom. The van der Waals surface area contributed by atoms with Gasteiger partial charge in [0.2, 0.25) is 17.8 Å². The molecule has 4 N–H and O–H groups in total. The van der Waals surface area contributed by atoms with Gasteiger partial charge in [0.25, 0.3) is 0 Å². The smallest absolute Gasteiger partial charge is 0.224 e. The van der Waals surface area contributed by atoms with Crippen molar-refractivity contribution in [3.63, 3.8) is 0 Å². The molecule has 0 atom stereocenters. The molecule has 0 bridgehead atoms. The Hall–Kier alpha value is -3.45. The van der Waals surface area contributed by atoms with E-state index in [4.69, 9.17) is 27.6 Å². The largest absolute Gasteiger partial charge is 0.369 e. The predicted octanol–water partition coefficient (Wildman–Crippen LogP) is 4.42. The lowest BCUT2D eigenvalue weighted by atomic mass is 9.85. The number of hydrogen-bond donors (Lipinski definition) is 3. The Morgan fingerprint density at radius 1 is 1.21 bits per heavy atom. The third kappa shape index (κ3) is 4.23. The SMILES string of the molecule is N#Cc1cc(F)c(Nc2nc3cnc(NC4CCC4)nc3n2[C@H]2CC[C@H](C(N)=O)CC2)c(Cl)c1. The second-order valence-electron chi connectivity index (χ2n) is 8.94. The summed E-state index contributed by atoms with van der Waals surface area (Å²) in [5.74, 6) is -0.193. The molecule has 0 radical (unpaired) electrons. The van der Waals surface area contributed by atoms with E-state index >= 15 is 0 Å². The second kappa shape index (κ2) is 9.06. The van der Waals surface area contributed by atoms with E-state index in [0.717, 1.165) is 18.9 Å². The predicted molar refractivity (Wildman–Crippen MR) is 126 cm³/mol. The zero-order chi connectivity index (χ0) is 23.8. The first-order valence-corrected chi connectivity index (χ1v) is 11.8. The van der Waals surface area contributed by atoms with Gasteiger partial charge in [-0.25, -0.2) is 14.4 Å². The van der Waals surface area contributed by atoms with Crippen LogP contribution >= 0.6 is 11.6 Å². The van der Waals surface area contributed by atoms with E-state index < -0.39 is 5.82 Å². The molecule has 2 saturated carbocycles. The van der Waals surface area contributed by atoms with Crippen LogP contribution in [0.3, 0.4) is 0 Å². The average Bonchev–Trinajstić information content (AvgIpc) is 3.15. The maximum atomic E-state index is 14.8. The summed E-state index contributed by atoms with van der Waals surface area (Å²) in [6.07, 6.45) is 7.72. The Kier molecular flexibility index (Phi) is 5.96. The minimum atomic E-state index is -0.654. The summed E-state index contributed by atoms with van der Waals surface area (Å²) in [6, 6.07) is 4.76. The van der Waals surface area contributed by atoms with Crippen LogP contribution in [-0.2, 0) is 4.79 Å². The third-order valence-electron chi connectivity index (χ3n) is 6.74. The van der Waals surface area contributed by atoms with Crippen LogP contribution in [0.1, 0.15) is 56.6 Å². The van der Waals surface area contributed by atoms with E-state index in [1.165, 1.54) is 12.5 Å². The van der Waals surface area contributed by atoms with E-state index in [0.29, 0.717) is 54.8 Å². The van der Waals surface area contributed by atoms with E-state index in [9.17, 15) is 9.18 Å². The minimum Gasteiger partial charge on any atom is -0.369 e. The number of fused-ring (bicyclic) bond motifs is 1. The fourth-order valence-electron chi connectivity index (χ4n) is 4.62. The van der Waals surface area contributed by atoms with E-state index in [1.54, 1.807) is 6.20 Å². The number of primary amides is 1. The summed E-state index contributed by atoms with van der Waals surface area (Å²) < 4.78 is 16.7. The highest BCUT2D eigenvalue weighted by Gasteiger charge is 2.30. The maximum Gasteiger partial charge on any atom is 0.224 e. The summed E-state index contributed by atoms with van der Waals surface area (Å²) in [5.41, 5.74) is 6.85. The molecule has 2 aliphatic rings. The molecule has 2 aromatic heterocycles. The standard InChI is InChI=1S/C23H24ClFN8O/c24-16-8-12(10-26)9-17(25)19(16)31-23-30-18-11-28-22(29-14-2-1-3-14)32-21(18)33(23)15-6-4-13(5-7-15)20(27)34/h8-9,11,13-15H,1-7H2,(H2,27,34)(H,30,31)(H,28,29,32)/t13-,15-. The van der Waals surface area contributed by atoms with Crippen molar-refractivity contribution in [3.8, 4) is 6.07 Å². The van der Waals surface area contributed by atoms with E-state index in [1.807, 2.05) is 10.6 Å². The molecule has 34 heavy (non-hydrogen) atoms. The third-order valence-corrected chi connectivity index (χ3v) is 7.04. The molecule has 176 valence electrons. The summed E-state index contributed by atoms with van der Waals surface area (Å²) in [6.45, 7) is 0. The Morgan fingerprint density at radius 3 is 2.59 bits per heavy atom. The van der Waals surface area contributed by atoms with Gasteiger partial charge < -0.3 is 16.4 Å². The quantitative estimate of drug-likeness (QED) is 0.473. The van der Waals surface area contributed by atoms with Gasteiger partial charge in [0.05, 0.1) is 28.5 Å². The van der Waals surface area contributed by atoms with Crippen LogP contribution in [0.5, 0.6) is 0 Å². The van der Waals surface area contributed by atoms with Crippen molar-refractivity contribution in [1.82, 2.24) is 19.5 Å². The number of nitrogens with two attached hydrogens (primary N) is 1. The van der Waals surface area contributed by atoms with Crippen LogP contribution < -0.4 is 16.4 Å². The number of amides is 1. The Labute approximate surface area is 200 Å². The highest BCUT2D eigenvalue weighted by atomic mass is 35.5. The molecule has 0 aliphatic heterocycles. The first-order chi connectivity index (χ1) is 16.4. The molecule has 5 rings (SSSR count). The summed E-state index contributed by atoms with van der Waals surface area (Å²) in [7, 11) is 0. The van der Waals surface area contributed by atoms with Crippen molar-refractivity contribution < 1.29 is 9.18 Å². The van der Waals surface area contributed by atoms with Crippen molar-refractivity contribution in [1.29, 1.82) is 5.26 Å². The van der Waals surface area contributed by atoms with E-state index in [-0.39, 0.29) is 34.1 Å². The number of hydrogen-bond acceptors (Lipinski definition) is 7. The molecule has 2 aliphatic carbocycles. The van der Waals surface area contributed by atoms with Crippen molar-refractivity contribution in [2.45, 2.75) is 57.0 Å². The van der Waals surface area contributed by atoms with Gasteiger partial charge in [-0.05, 0) is 57.1 Å². The lowest BCUT2D eigenvalue weighted by Crippen LogP contribution is -2.29. The highest BCUT2D eigenvalue weighted by Crippen LogP contribution is 2.38. The monoisotopic (exact) mass is 482 g/mol. The Balaban J connectivity index is 1.54. The number of rotatable bonds is 6. The molecule has 0 spiro atoms. The maximum absolute atomic E-state index is 14.8. The van der Waals surface area contributed by atoms with Crippen molar-refractivity contribution >= 4 is 46.3 Å². The van der Waals surface area contributed by atoms with Crippen LogP contribution in [-0.4, -0.2) is 31.5 Å². The molecule has 1 aromatic carbocycles. The van der Waals surface area contributed by atoms with Gasteiger partial charge in [0.1, 0.15) is 11.3 Å². The van der Waals surface area contributed by atoms with Crippen molar-refractivity contribution in [2.24, 2.45) is 11.7 Å². The van der Waals surface area contributed by atoms with Gasteiger partial charge in [-0.15, -0.1) is 0 Å². The molecule has 3 aromatic rings. The van der Waals surface area contributed by atoms with Crippen LogP contribution in [0.2, 0.25) is 5.02 Å². The number of benzene rings is 1.